The van der Waals surface area contributed by atoms with E-state index >= 15 is 0 Å². The van der Waals surface area contributed by atoms with E-state index in [0.717, 1.165) is 0 Å². The van der Waals surface area contributed by atoms with Crippen LogP contribution in [-0.2, 0) is 0 Å². The molecule has 0 spiro atoms. The first-order valence-corrected chi connectivity index (χ1v) is 3.12. The highest BCUT2D eigenvalue weighted by molar-refractivity contribution is 9.18. The Morgan fingerprint density at radius 1 is 1.88 bits per heavy atom. The zero-order valence-corrected chi connectivity index (χ0v) is 6.57. The number of hydrogen-bond donors (Lipinski definition) is 2. The maximum absolute atomic E-state index is 5.31. The highest BCUT2D eigenvalue weighted by Crippen LogP contribution is 1.85. The number of amidine groups is 1. The molecule has 0 aliphatic rings. The molecule has 8 heavy (non-hydrogen) atoms. The van der Waals surface area contributed by atoms with Gasteiger partial charge in [0.1, 0.15) is 0 Å². The van der Waals surface area contributed by atoms with Crippen molar-refractivity contribution >= 4 is 20.7 Å². The van der Waals surface area contributed by atoms with Crippen LogP contribution < -0.4 is 11.1 Å². The molecule has 3 nitrogen and oxygen atoms in total. The summed E-state index contributed by atoms with van der Waals surface area (Å²) in [4.78, 5) is 3.90. The molecule has 0 bridgehead atoms. The molecule has 0 rings (SSSR count). The molecule has 0 amide bonds. The monoisotopic (exact) mass is 179 g/mol. The molecule has 1 atom stereocenters. The van der Waals surface area contributed by atoms with Crippen LogP contribution in [-0.4, -0.2) is 18.0 Å². The molecule has 0 heterocycles. The topological polar surface area (TPSA) is 50.4 Å². The maximum Gasteiger partial charge on any atom is 0.167 e. The molecule has 0 saturated carbocycles. The van der Waals surface area contributed by atoms with Gasteiger partial charge in [0.15, 0.2) is 4.74 Å². The summed E-state index contributed by atoms with van der Waals surface area (Å²) in [7, 11) is 1.77. The number of aliphatic imine (C=N–C) groups is 1. The van der Waals surface area contributed by atoms with Crippen LogP contribution in [0, 0.1) is 0 Å². The Kier molecular flexibility index (Phi) is 3.81. The minimum absolute atomic E-state index is 0.142. The van der Waals surface area contributed by atoms with Gasteiger partial charge in [-0.05, 0) is 22.9 Å². The first-order chi connectivity index (χ1) is 3.66. The fourth-order valence-corrected chi connectivity index (χ4v) is 0.566. The third-order valence-electron chi connectivity index (χ3n) is 0.523. The predicted octanol–water partition coefficient (Wildman–Crippen LogP) is 0.261. The van der Waals surface area contributed by atoms with E-state index in [1.807, 2.05) is 0 Å². The molecule has 0 aromatic rings. The van der Waals surface area contributed by atoms with E-state index in [-0.39, 0.29) is 6.17 Å². The molecule has 0 saturated heterocycles. The second kappa shape index (κ2) is 3.86. The van der Waals surface area contributed by atoms with Gasteiger partial charge in [0, 0.05) is 7.05 Å². The van der Waals surface area contributed by atoms with Gasteiger partial charge < -0.3 is 11.1 Å². The van der Waals surface area contributed by atoms with Gasteiger partial charge in [-0.3, -0.25) is 0 Å². The fourth-order valence-electron chi connectivity index (χ4n) is 0.243. The van der Waals surface area contributed by atoms with Crippen molar-refractivity contribution in [1.82, 2.24) is 5.32 Å². The normalized spacial score (nSPS) is 15.8. The van der Waals surface area contributed by atoms with Crippen molar-refractivity contribution < 1.29 is 0 Å². The molecule has 0 aromatic heterocycles. The Hall–Kier alpha value is -0.0900. The molecule has 3 N–H and O–H groups in total. The number of halogens is 1. The lowest BCUT2D eigenvalue weighted by Crippen LogP contribution is -2.18. The first-order valence-electron chi connectivity index (χ1n) is 2.33. The smallest absolute Gasteiger partial charge is 0.167 e. The molecule has 0 aliphatic heterocycles. The summed E-state index contributed by atoms with van der Waals surface area (Å²) in [5.74, 6) is 0. The standard InChI is InChI=1S/C4H10BrN3/c1-3(6)8-4(5)7-2/h3H,6H2,1-2H3,(H,7,8). The number of hydrogen-bond acceptors (Lipinski definition) is 2. The highest BCUT2D eigenvalue weighted by Gasteiger charge is 1.88. The largest absolute Gasteiger partial charge is 0.368 e. The van der Waals surface area contributed by atoms with Crippen LogP contribution in [0.15, 0.2) is 4.99 Å². The van der Waals surface area contributed by atoms with Crippen LogP contribution in [0.5, 0.6) is 0 Å². The summed E-state index contributed by atoms with van der Waals surface area (Å²) in [6.07, 6.45) is -0.142. The predicted molar refractivity (Wildman–Crippen MR) is 39.1 cm³/mol. The quantitative estimate of drug-likeness (QED) is 0.345. The van der Waals surface area contributed by atoms with E-state index in [1.165, 1.54) is 0 Å². The van der Waals surface area contributed by atoms with E-state index in [1.54, 1.807) is 14.0 Å². The summed E-state index contributed by atoms with van der Waals surface area (Å²) in [5.41, 5.74) is 5.31. The van der Waals surface area contributed by atoms with Gasteiger partial charge in [0.2, 0.25) is 0 Å². The molecular formula is C4H10BrN3. The van der Waals surface area contributed by atoms with Gasteiger partial charge in [-0.25, -0.2) is 4.99 Å². The van der Waals surface area contributed by atoms with Crippen LogP contribution in [0.3, 0.4) is 0 Å². The van der Waals surface area contributed by atoms with E-state index < -0.39 is 0 Å². The molecule has 0 aromatic carbocycles. The maximum atomic E-state index is 5.31. The van der Waals surface area contributed by atoms with Crippen LogP contribution in [0.4, 0.5) is 0 Å². The van der Waals surface area contributed by atoms with Crippen molar-refractivity contribution in [3.05, 3.63) is 0 Å². The third kappa shape index (κ3) is 4.08. The van der Waals surface area contributed by atoms with Gasteiger partial charge >= 0.3 is 0 Å². The second-order valence-corrected chi connectivity index (χ2v) is 2.16. The highest BCUT2D eigenvalue weighted by atomic mass is 79.9. The van der Waals surface area contributed by atoms with Crippen molar-refractivity contribution in [2.24, 2.45) is 10.7 Å². The average molecular weight is 180 g/mol. The van der Waals surface area contributed by atoms with Crippen LogP contribution >= 0.6 is 15.9 Å². The second-order valence-electron chi connectivity index (χ2n) is 1.41. The lowest BCUT2D eigenvalue weighted by Gasteiger charge is -1.97. The minimum Gasteiger partial charge on any atom is -0.368 e. The Morgan fingerprint density at radius 2 is 2.38 bits per heavy atom. The van der Waals surface area contributed by atoms with Gasteiger partial charge in [-0.1, -0.05) is 0 Å². The third-order valence-corrected chi connectivity index (χ3v) is 1.12. The van der Waals surface area contributed by atoms with Crippen molar-refractivity contribution in [3.8, 4) is 0 Å². The number of rotatable bonds is 1. The Morgan fingerprint density at radius 3 is 2.50 bits per heavy atom. The molecule has 0 aliphatic carbocycles. The van der Waals surface area contributed by atoms with Gasteiger partial charge in [-0.2, -0.15) is 0 Å². The fraction of sp³-hybridized carbons (Fsp3) is 0.750. The van der Waals surface area contributed by atoms with Crippen LogP contribution in [0.1, 0.15) is 6.92 Å². The SMILES string of the molecule is CN/C(Br)=N\C(C)N. The lowest BCUT2D eigenvalue weighted by molar-refractivity contribution is 0.790. The molecule has 0 radical (unpaired) electrons. The van der Waals surface area contributed by atoms with E-state index in [2.05, 4.69) is 26.2 Å². The Balaban J connectivity index is 3.56. The Bertz CT molecular complexity index is 89.3. The summed E-state index contributed by atoms with van der Waals surface area (Å²) < 4.78 is 0.688. The Labute approximate surface area is 57.5 Å². The summed E-state index contributed by atoms with van der Waals surface area (Å²) in [5, 5.41) is 2.78. The zero-order valence-electron chi connectivity index (χ0n) is 4.98. The molecule has 4 heteroatoms. The van der Waals surface area contributed by atoms with Crippen LogP contribution in [0.2, 0.25) is 0 Å². The van der Waals surface area contributed by atoms with Gasteiger partial charge in [0.25, 0.3) is 0 Å². The van der Waals surface area contributed by atoms with Gasteiger partial charge in [0.05, 0.1) is 6.17 Å². The van der Waals surface area contributed by atoms with E-state index in [4.69, 9.17) is 5.73 Å². The number of nitrogens with two attached hydrogens (primary N) is 1. The first kappa shape index (κ1) is 7.91. The molecule has 0 fully saturated rings. The van der Waals surface area contributed by atoms with Crippen molar-refractivity contribution in [1.29, 1.82) is 0 Å². The number of nitrogens with one attached hydrogen (secondary N) is 1. The van der Waals surface area contributed by atoms with Crippen LogP contribution in [0.25, 0.3) is 0 Å². The molecular weight excluding hydrogens is 170 g/mol. The lowest BCUT2D eigenvalue weighted by atomic mass is 10.6. The van der Waals surface area contributed by atoms with E-state index in [9.17, 15) is 0 Å². The van der Waals surface area contributed by atoms with Gasteiger partial charge in [-0.15, -0.1) is 0 Å². The van der Waals surface area contributed by atoms with Crippen molar-refractivity contribution in [2.45, 2.75) is 13.1 Å². The molecule has 1 unspecified atom stereocenters. The molecule has 48 valence electrons. The minimum atomic E-state index is -0.142. The zero-order chi connectivity index (χ0) is 6.57. The van der Waals surface area contributed by atoms with Crippen molar-refractivity contribution in [2.75, 3.05) is 7.05 Å². The summed E-state index contributed by atoms with van der Waals surface area (Å²) in [6, 6.07) is 0. The van der Waals surface area contributed by atoms with Crippen molar-refractivity contribution in [3.63, 3.8) is 0 Å². The average Bonchev–Trinajstić information content (AvgIpc) is 1.65. The summed E-state index contributed by atoms with van der Waals surface area (Å²) >= 11 is 3.14. The van der Waals surface area contributed by atoms with E-state index in [0.29, 0.717) is 4.74 Å². The summed E-state index contributed by atoms with van der Waals surface area (Å²) in [6.45, 7) is 1.80. The number of nitrogens with zero attached hydrogens (tertiary/aromatic N) is 1.